The zero-order chi connectivity index (χ0) is 24.5. The van der Waals surface area contributed by atoms with E-state index >= 15 is 0 Å². The van der Waals surface area contributed by atoms with Crippen molar-refractivity contribution in [3.05, 3.63) is 65.6 Å². The molecule has 0 atom stereocenters. The van der Waals surface area contributed by atoms with Crippen LogP contribution in [0.25, 0.3) is 22.0 Å². The summed E-state index contributed by atoms with van der Waals surface area (Å²) in [4.78, 5) is 14.2. The van der Waals surface area contributed by atoms with Crippen molar-refractivity contribution in [2.75, 3.05) is 34.7 Å². The van der Waals surface area contributed by atoms with Crippen LogP contribution in [-0.4, -0.2) is 62.8 Å². The molecule has 34 heavy (non-hydrogen) atoms. The molecule has 0 saturated carbocycles. The van der Waals surface area contributed by atoms with Gasteiger partial charge in [0.2, 0.25) is 10.0 Å². The van der Waals surface area contributed by atoms with Crippen molar-refractivity contribution in [2.45, 2.75) is 18.4 Å². The van der Waals surface area contributed by atoms with Gasteiger partial charge < -0.3 is 15.2 Å². The zero-order valence-corrected chi connectivity index (χ0v) is 21.5. The van der Waals surface area contributed by atoms with Gasteiger partial charge in [-0.25, -0.2) is 17.1 Å². The molecule has 0 spiro atoms. The predicted octanol–water partition coefficient (Wildman–Crippen LogP) is 3.80. The maximum atomic E-state index is 14.4. The first kappa shape index (κ1) is 27.5. The molecule has 0 fully saturated rings. The topological polar surface area (TPSA) is 88.6 Å². The summed E-state index contributed by atoms with van der Waals surface area (Å²) in [6.45, 7) is 1.92. The zero-order valence-electron chi connectivity index (χ0n) is 19.9. The van der Waals surface area contributed by atoms with E-state index in [9.17, 15) is 17.6 Å². The third-order valence-electron chi connectivity index (χ3n) is 5.53. The number of carbonyl (C=O) groups excluding carboxylic acids is 1. The molecule has 3 rings (SSSR count). The Morgan fingerprint density at radius 2 is 1.79 bits per heavy atom. The lowest BCUT2D eigenvalue weighted by molar-refractivity contribution is 0.0827. The number of nitrogens with two attached hydrogens (primary N) is 1. The summed E-state index contributed by atoms with van der Waals surface area (Å²) < 4.78 is 42.8. The molecular formula is C24H30ClFN4O3S. The number of aromatic nitrogens is 1. The van der Waals surface area contributed by atoms with Crippen molar-refractivity contribution >= 4 is 39.2 Å². The Morgan fingerprint density at radius 3 is 2.38 bits per heavy atom. The molecule has 0 unspecified atom stereocenters. The SMILES string of the molecule is Cc1c(-c2cccc(S(=O)(=O)N(C)C)c2)c2cc(C(=O)N(C)C)ccc2n1CC(F)=CCN.Cl. The number of sulfonamides is 1. The molecule has 0 bridgehead atoms. The average Bonchev–Trinajstić information content (AvgIpc) is 3.03. The molecule has 0 aliphatic heterocycles. The lowest BCUT2D eigenvalue weighted by Gasteiger charge is -2.13. The smallest absolute Gasteiger partial charge is 0.253 e. The Bertz CT molecular complexity index is 1350. The summed E-state index contributed by atoms with van der Waals surface area (Å²) in [5.41, 5.74) is 8.85. The van der Waals surface area contributed by atoms with Gasteiger partial charge in [0, 0.05) is 62.5 Å². The number of rotatable bonds is 7. The number of nitrogens with zero attached hydrogens (tertiary/aromatic N) is 3. The first-order chi connectivity index (χ1) is 15.5. The summed E-state index contributed by atoms with van der Waals surface area (Å²) in [6, 6.07) is 11.9. The number of carbonyl (C=O) groups is 1. The minimum atomic E-state index is -3.64. The third-order valence-corrected chi connectivity index (χ3v) is 7.34. The quantitative estimate of drug-likeness (QED) is 0.525. The van der Waals surface area contributed by atoms with E-state index in [1.165, 1.54) is 31.1 Å². The van der Waals surface area contributed by atoms with Gasteiger partial charge in [0.15, 0.2) is 0 Å². The third kappa shape index (κ3) is 5.17. The number of allylic oxidation sites excluding steroid dienone is 1. The summed E-state index contributed by atoms with van der Waals surface area (Å²) in [5.74, 6) is -0.534. The van der Waals surface area contributed by atoms with E-state index in [0.717, 1.165) is 26.5 Å². The number of halogens is 2. The van der Waals surface area contributed by atoms with Crippen molar-refractivity contribution in [3.63, 3.8) is 0 Å². The van der Waals surface area contributed by atoms with Gasteiger partial charge in [-0.05, 0) is 48.9 Å². The predicted molar refractivity (Wildman–Crippen MR) is 136 cm³/mol. The van der Waals surface area contributed by atoms with Crippen LogP contribution >= 0.6 is 12.4 Å². The normalized spacial score (nSPS) is 12.2. The van der Waals surface area contributed by atoms with Gasteiger partial charge in [-0.1, -0.05) is 12.1 Å². The minimum Gasteiger partial charge on any atom is -0.345 e. The highest BCUT2D eigenvalue weighted by atomic mass is 35.5. The number of hydrogen-bond donors (Lipinski definition) is 1. The molecule has 1 heterocycles. The molecule has 3 aromatic rings. The van der Waals surface area contributed by atoms with Gasteiger partial charge in [0.05, 0.1) is 11.4 Å². The van der Waals surface area contributed by atoms with Crippen LogP contribution in [0.3, 0.4) is 0 Å². The van der Waals surface area contributed by atoms with Gasteiger partial charge in [-0.15, -0.1) is 12.4 Å². The standard InChI is InChI=1S/C24H29FN4O3S.ClH/c1-16-23(17-7-6-8-20(13-17)33(31,32)28(4)5)21-14-18(24(30)27(2)3)9-10-22(21)29(16)15-19(25)11-12-26;/h6-11,13-14H,12,15,26H2,1-5H3;1H. The fourth-order valence-electron chi connectivity index (χ4n) is 3.81. The molecule has 1 aromatic heterocycles. The monoisotopic (exact) mass is 508 g/mol. The average molecular weight is 509 g/mol. The van der Waals surface area contributed by atoms with Gasteiger partial charge in [-0.3, -0.25) is 4.79 Å². The highest BCUT2D eigenvalue weighted by Gasteiger charge is 2.22. The second-order valence-electron chi connectivity index (χ2n) is 8.18. The fourth-order valence-corrected chi connectivity index (χ4v) is 4.76. The number of amides is 1. The Kier molecular flexibility index (Phi) is 8.65. The lowest BCUT2D eigenvalue weighted by atomic mass is 10.0. The van der Waals surface area contributed by atoms with Crippen molar-refractivity contribution in [2.24, 2.45) is 5.73 Å². The molecule has 0 saturated heterocycles. The van der Waals surface area contributed by atoms with Crippen LogP contribution in [-0.2, 0) is 16.6 Å². The molecule has 7 nitrogen and oxygen atoms in total. The Balaban J connectivity index is 0.00000408. The van der Waals surface area contributed by atoms with E-state index in [2.05, 4.69) is 0 Å². The molecule has 0 radical (unpaired) electrons. The number of benzene rings is 2. The van der Waals surface area contributed by atoms with Crippen LogP contribution in [0.4, 0.5) is 4.39 Å². The van der Waals surface area contributed by atoms with Crippen LogP contribution in [0.5, 0.6) is 0 Å². The summed E-state index contributed by atoms with van der Waals surface area (Å²) in [7, 11) is 2.66. The molecule has 0 aliphatic carbocycles. The van der Waals surface area contributed by atoms with E-state index in [4.69, 9.17) is 5.73 Å². The van der Waals surface area contributed by atoms with Crippen molar-refractivity contribution in [1.82, 2.24) is 13.8 Å². The summed E-state index contributed by atoms with van der Waals surface area (Å²) in [6.07, 6.45) is 1.32. The van der Waals surface area contributed by atoms with Gasteiger partial charge in [0.25, 0.3) is 5.91 Å². The van der Waals surface area contributed by atoms with Gasteiger partial charge in [0.1, 0.15) is 5.83 Å². The second kappa shape index (κ2) is 10.7. The Labute approximate surface area is 206 Å². The molecule has 1 amide bonds. The molecular weight excluding hydrogens is 479 g/mol. The highest BCUT2D eigenvalue weighted by molar-refractivity contribution is 7.89. The van der Waals surface area contributed by atoms with Crippen LogP contribution in [0.15, 0.2) is 59.3 Å². The van der Waals surface area contributed by atoms with E-state index in [1.807, 2.05) is 17.6 Å². The second-order valence-corrected chi connectivity index (χ2v) is 10.3. The van der Waals surface area contributed by atoms with E-state index in [1.54, 1.807) is 44.4 Å². The number of hydrogen-bond acceptors (Lipinski definition) is 4. The molecule has 184 valence electrons. The van der Waals surface area contributed by atoms with Crippen LogP contribution in [0.2, 0.25) is 0 Å². The van der Waals surface area contributed by atoms with Crippen molar-refractivity contribution in [3.8, 4) is 11.1 Å². The molecule has 2 aromatic carbocycles. The number of fused-ring (bicyclic) bond motifs is 1. The maximum absolute atomic E-state index is 14.4. The van der Waals surface area contributed by atoms with Crippen molar-refractivity contribution in [1.29, 1.82) is 0 Å². The first-order valence-electron chi connectivity index (χ1n) is 10.4. The minimum absolute atomic E-state index is 0. The Morgan fingerprint density at radius 1 is 1.12 bits per heavy atom. The van der Waals surface area contributed by atoms with Crippen LogP contribution in [0.1, 0.15) is 16.1 Å². The van der Waals surface area contributed by atoms with E-state index in [-0.39, 0.29) is 42.1 Å². The van der Waals surface area contributed by atoms with E-state index < -0.39 is 10.0 Å². The van der Waals surface area contributed by atoms with Gasteiger partial charge in [-0.2, -0.15) is 0 Å². The summed E-state index contributed by atoms with van der Waals surface area (Å²) >= 11 is 0. The van der Waals surface area contributed by atoms with Crippen molar-refractivity contribution < 1.29 is 17.6 Å². The molecule has 2 N–H and O–H groups in total. The highest BCUT2D eigenvalue weighted by Crippen LogP contribution is 2.37. The largest absolute Gasteiger partial charge is 0.345 e. The molecule has 10 heteroatoms. The van der Waals surface area contributed by atoms with E-state index in [0.29, 0.717) is 11.1 Å². The molecule has 0 aliphatic rings. The Hall–Kier alpha value is -2.72. The first-order valence-corrected chi connectivity index (χ1v) is 11.8. The van der Waals surface area contributed by atoms with Crippen LogP contribution < -0.4 is 5.73 Å². The van der Waals surface area contributed by atoms with Crippen LogP contribution in [0, 0.1) is 6.92 Å². The summed E-state index contributed by atoms with van der Waals surface area (Å²) in [5, 5.41) is 0.736. The maximum Gasteiger partial charge on any atom is 0.253 e. The fraction of sp³-hybridized carbons (Fsp3) is 0.292. The lowest BCUT2D eigenvalue weighted by Crippen LogP contribution is -2.22. The van der Waals surface area contributed by atoms with Gasteiger partial charge >= 0.3 is 0 Å².